The Labute approximate surface area is 131 Å². The normalized spacial score (nSPS) is 11.0. The van der Waals surface area contributed by atoms with Crippen molar-refractivity contribution in [3.63, 3.8) is 0 Å². The molecular formula is C17H18N2O2S. The van der Waals surface area contributed by atoms with Crippen molar-refractivity contribution in [1.82, 2.24) is 0 Å². The third-order valence-corrected chi connectivity index (χ3v) is 4.41. The second-order valence-corrected chi connectivity index (χ2v) is 7.33. The molecule has 0 saturated heterocycles. The Morgan fingerprint density at radius 3 is 2.27 bits per heavy atom. The summed E-state index contributed by atoms with van der Waals surface area (Å²) in [6.45, 7) is 4.21. The number of benzene rings is 2. The van der Waals surface area contributed by atoms with Crippen molar-refractivity contribution in [2.75, 3.05) is 10.6 Å². The van der Waals surface area contributed by atoms with E-state index in [1.807, 2.05) is 38.1 Å². The van der Waals surface area contributed by atoms with Crippen LogP contribution in [0.4, 0.5) is 5.69 Å². The Kier molecular flexibility index (Phi) is 4.53. The van der Waals surface area contributed by atoms with Gasteiger partial charge in [-0.25, -0.2) is 8.42 Å². The van der Waals surface area contributed by atoms with Crippen molar-refractivity contribution in [1.29, 1.82) is 5.26 Å². The van der Waals surface area contributed by atoms with E-state index < -0.39 is 10.0 Å². The first-order valence-corrected chi connectivity index (χ1v) is 8.69. The van der Waals surface area contributed by atoms with Gasteiger partial charge in [0.05, 0.1) is 30.1 Å². The average molecular weight is 314 g/mol. The zero-order valence-corrected chi connectivity index (χ0v) is 13.7. The quantitative estimate of drug-likeness (QED) is 0.871. The Balaban J connectivity index is 2.45. The number of hydrogen-bond donors (Lipinski definition) is 0. The fraction of sp³-hybridized carbons (Fsp3) is 0.235. The Bertz CT molecular complexity index is 816. The molecule has 4 nitrogen and oxygen atoms in total. The summed E-state index contributed by atoms with van der Waals surface area (Å²) in [5.41, 5.74) is 4.04. The van der Waals surface area contributed by atoms with Gasteiger partial charge < -0.3 is 0 Å². The van der Waals surface area contributed by atoms with E-state index in [1.54, 1.807) is 24.3 Å². The largest absolute Gasteiger partial charge is 0.266 e. The van der Waals surface area contributed by atoms with Crippen molar-refractivity contribution < 1.29 is 8.42 Å². The minimum Gasteiger partial charge on any atom is -0.266 e. The van der Waals surface area contributed by atoms with Crippen LogP contribution >= 0.6 is 0 Å². The molecule has 0 aliphatic rings. The second kappa shape index (κ2) is 6.20. The molecule has 5 heteroatoms. The molecule has 0 amide bonds. The third kappa shape index (κ3) is 3.86. The van der Waals surface area contributed by atoms with Crippen molar-refractivity contribution in [3.8, 4) is 6.07 Å². The summed E-state index contributed by atoms with van der Waals surface area (Å²) in [5, 5.41) is 8.99. The number of aryl methyl sites for hydroxylation is 2. The molecule has 0 heterocycles. The molecule has 0 saturated carbocycles. The van der Waals surface area contributed by atoms with Crippen molar-refractivity contribution in [3.05, 3.63) is 64.7 Å². The predicted octanol–water partition coefficient (Wildman–Crippen LogP) is 3.14. The van der Waals surface area contributed by atoms with Crippen molar-refractivity contribution in [2.24, 2.45) is 0 Å². The van der Waals surface area contributed by atoms with Crippen LogP contribution in [0.5, 0.6) is 0 Å². The average Bonchev–Trinajstić information content (AvgIpc) is 2.42. The van der Waals surface area contributed by atoms with Gasteiger partial charge in [-0.15, -0.1) is 0 Å². The molecule has 2 rings (SSSR count). The molecule has 2 aromatic rings. The second-order valence-electron chi connectivity index (χ2n) is 5.43. The SMILES string of the molecule is Cc1cc(C)cc(CN(c2cccc(C#N)c2)S(C)(=O)=O)c1. The fourth-order valence-corrected chi connectivity index (χ4v) is 3.34. The van der Waals surface area contributed by atoms with E-state index >= 15 is 0 Å². The van der Waals surface area contributed by atoms with Gasteiger partial charge in [-0.1, -0.05) is 35.4 Å². The molecule has 0 aromatic heterocycles. The summed E-state index contributed by atoms with van der Waals surface area (Å²) in [5.74, 6) is 0. The van der Waals surface area contributed by atoms with E-state index in [-0.39, 0.29) is 6.54 Å². The topological polar surface area (TPSA) is 61.2 Å². The van der Waals surface area contributed by atoms with Gasteiger partial charge in [0.2, 0.25) is 10.0 Å². The van der Waals surface area contributed by atoms with Gasteiger partial charge in [0.1, 0.15) is 0 Å². The van der Waals surface area contributed by atoms with E-state index in [2.05, 4.69) is 0 Å². The first kappa shape index (κ1) is 16.1. The van der Waals surface area contributed by atoms with E-state index in [4.69, 9.17) is 5.26 Å². The molecule has 0 radical (unpaired) electrons. The molecule has 0 bridgehead atoms. The van der Waals surface area contributed by atoms with E-state index in [9.17, 15) is 8.42 Å². The van der Waals surface area contributed by atoms with Crippen LogP contribution in [0.15, 0.2) is 42.5 Å². The van der Waals surface area contributed by atoms with Crippen LogP contribution in [0.3, 0.4) is 0 Å². The highest BCUT2D eigenvalue weighted by Gasteiger charge is 2.18. The number of nitriles is 1. The number of sulfonamides is 1. The number of nitrogens with zero attached hydrogens (tertiary/aromatic N) is 2. The van der Waals surface area contributed by atoms with Crippen LogP contribution in [0.2, 0.25) is 0 Å². The minimum atomic E-state index is -3.44. The van der Waals surface area contributed by atoms with Gasteiger partial charge >= 0.3 is 0 Å². The summed E-state index contributed by atoms with van der Waals surface area (Å²) in [6.07, 6.45) is 1.18. The van der Waals surface area contributed by atoms with Gasteiger partial charge in [0.25, 0.3) is 0 Å². The van der Waals surface area contributed by atoms with E-state index in [1.165, 1.54) is 10.6 Å². The summed E-state index contributed by atoms with van der Waals surface area (Å²) in [7, 11) is -3.44. The highest BCUT2D eigenvalue weighted by Crippen LogP contribution is 2.22. The highest BCUT2D eigenvalue weighted by atomic mass is 32.2. The standard InChI is InChI=1S/C17H18N2O2S/c1-13-7-14(2)9-16(8-13)12-19(22(3,20)21)17-6-4-5-15(10-17)11-18/h4-10H,12H2,1-3H3. The molecule has 22 heavy (non-hydrogen) atoms. The maximum absolute atomic E-state index is 12.1. The first-order valence-electron chi connectivity index (χ1n) is 6.84. The Hall–Kier alpha value is -2.32. The zero-order chi connectivity index (χ0) is 16.3. The fourth-order valence-electron chi connectivity index (χ4n) is 2.46. The van der Waals surface area contributed by atoms with Crippen LogP contribution in [-0.2, 0) is 16.6 Å². The smallest absolute Gasteiger partial charge is 0.232 e. The minimum absolute atomic E-state index is 0.246. The molecule has 0 aliphatic heterocycles. The molecule has 0 unspecified atom stereocenters. The molecule has 2 aromatic carbocycles. The monoisotopic (exact) mass is 314 g/mol. The highest BCUT2D eigenvalue weighted by molar-refractivity contribution is 7.92. The van der Waals surface area contributed by atoms with Crippen LogP contribution in [0, 0.1) is 25.2 Å². The van der Waals surface area contributed by atoms with Crippen LogP contribution in [0.1, 0.15) is 22.3 Å². The van der Waals surface area contributed by atoms with Crippen LogP contribution < -0.4 is 4.31 Å². The molecule has 0 fully saturated rings. The van der Waals surface area contributed by atoms with Crippen LogP contribution in [-0.4, -0.2) is 14.7 Å². The maximum Gasteiger partial charge on any atom is 0.232 e. The van der Waals surface area contributed by atoms with Crippen LogP contribution in [0.25, 0.3) is 0 Å². The number of anilines is 1. The molecule has 0 N–H and O–H groups in total. The van der Waals surface area contributed by atoms with Gasteiger partial charge in [-0.2, -0.15) is 5.26 Å². The molecule has 0 aliphatic carbocycles. The summed E-state index contributed by atoms with van der Waals surface area (Å²) in [4.78, 5) is 0. The van der Waals surface area contributed by atoms with Crippen molar-refractivity contribution in [2.45, 2.75) is 20.4 Å². The van der Waals surface area contributed by atoms with Gasteiger partial charge in [0.15, 0.2) is 0 Å². The lowest BCUT2D eigenvalue weighted by Crippen LogP contribution is -2.29. The summed E-state index contributed by atoms with van der Waals surface area (Å²) < 4.78 is 25.6. The summed E-state index contributed by atoms with van der Waals surface area (Å²) in [6, 6.07) is 14.7. The Morgan fingerprint density at radius 2 is 1.73 bits per heavy atom. The lowest BCUT2D eigenvalue weighted by atomic mass is 10.1. The van der Waals surface area contributed by atoms with Gasteiger partial charge in [0, 0.05) is 0 Å². The third-order valence-electron chi connectivity index (χ3n) is 3.27. The molecular weight excluding hydrogens is 296 g/mol. The molecule has 114 valence electrons. The maximum atomic E-state index is 12.1. The predicted molar refractivity (Wildman–Crippen MR) is 88.1 cm³/mol. The zero-order valence-electron chi connectivity index (χ0n) is 12.9. The van der Waals surface area contributed by atoms with Crippen molar-refractivity contribution >= 4 is 15.7 Å². The number of hydrogen-bond acceptors (Lipinski definition) is 3. The summed E-state index contributed by atoms with van der Waals surface area (Å²) >= 11 is 0. The van der Waals surface area contributed by atoms with Gasteiger partial charge in [-0.3, -0.25) is 4.31 Å². The first-order chi connectivity index (χ1) is 10.3. The van der Waals surface area contributed by atoms with E-state index in [0.29, 0.717) is 11.3 Å². The number of rotatable bonds is 4. The molecule has 0 atom stereocenters. The van der Waals surface area contributed by atoms with Gasteiger partial charge in [-0.05, 0) is 37.6 Å². The lowest BCUT2D eigenvalue weighted by Gasteiger charge is -2.23. The lowest BCUT2D eigenvalue weighted by molar-refractivity contribution is 0.596. The molecule has 0 spiro atoms. The Morgan fingerprint density at radius 1 is 1.09 bits per heavy atom. The van der Waals surface area contributed by atoms with E-state index in [0.717, 1.165) is 16.7 Å².